The van der Waals surface area contributed by atoms with E-state index in [1.165, 1.54) is 23.5 Å². The molecule has 0 spiro atoms. The number of carbonyl (C=O) groups is 2. The molecule has 0 unspecified atom stereocenters. The maximum atomic E-state index is 13.8. The number of halogens is 2. The predicted molar refractivity (Wildman–Crippen MR) is 127 cm³/mol. The summed E-state index contributed by atoms with van der Waals surface area (Å²) in [5.41, 5.74) is 1.65. The van der Waals surface area contributed by atoms with E-state index < -0.39 is 17.8 Å². The number of aromatic nitrogens is 1. The highest BCUT2D eigenvalue weighted by Crippen LogP contribution is 2.40. The quantitative estimate of drug-likeness (QED) is 0.538. The number of piperazine rings is 1. The standard InChI is InChI=1S/C23H24BrFN4O3S/c1-4-32-23(31)18-17-12-28(22(30)13(2)3)8-9-29(17)20(21-26-7-10-33-21)27-19(18)15-6-5-14(25)11-16(15)24/h5-7,10-11,13,19H,4,8-9,12H2,1-3H3/t19-/m0/s1. The minimum atomic E-state index is -0.738. The monoisotopic (exact) mass is 534 g/mol. The molecule has 10 heteroatoms. The molecule has 0 radical (unpaired) electrons. The van der Waals surface area contributed by atoms with Crippen molar-refractivity contribution in [1.82, 2.24) is 14.8 Å². The fourth-order valence-corrected chi connectivity index (χ4v) is 5.23. The SMILES string of the molecule is CCOC(=O)C1=C2CN(C(=O)C(C)C)CCN2C(c2nccs2)=N[C@H]1c1ccc(F)cc1Br. The Morgan fingerprint density at radius 1 is 1.33 bits per heavy atom. The van der Waals surface area contributed by atoms with E-state index in [0.717, 1.165) is 0 Å². The first kappa shape index (κ1) is 23.6. The first-order valence-corrected chi connectivity index (χ1v) is 12.4. The summed E-state index contributed by atoms with van der Waals surface area (Å²) in [5, 5.41) is 2.57. The molecular weight excluding hydrogens is 511 g/mol. The maximum absolute atomic E-state index is 13.8. The first-order valence-electron chi connectivity index (χ1n) is 10.7. The van der Waals surface area contributed by atoms with Crippen molar-refractivity contribution in [2.24, 2.45) is 10.9 Å². The van der Waals surface area contributed by atoms with Crippen molar-refractivity contribution >= 4 is 45.0 Å². The molecule has 2 aromatic rings. The van der Waals surface area contributed by atoms with Gasteiger partial charge in [0.2, 0.25) is 5.91 Å². The second kappa shape index (κ2) is 9.72. The molecular formula is C23H24BrFN4O3S. The molecule has 1 amide bonds. The van der Waals surface area contributed by atoms with E-state index in [1.807, 2.05) is 24.1 Å². The topological polar surface area (TPSA) is 75.1 Å². The molecule has 2 aliphatic heterocycles. The molecule has 1 saturated heterocycles. The summed E-state index contributed by atoms with van der Waals surface area (Å²) >= 11 is 4.88. The number of esters is 1. The fraction of sp³-hybridized carbons (Fsp3) is 0.391. The van der Waals surface area contributed by atoms with Crippen LogP contribution in [0.15, 0.2) is 50.5 Å². The highest BCUT2D eigenvalue weighted by atomic mass is 79.9. The zero-order valence-electron chi connectivity index (χ0n) is 18.5. The number of thiazole rings is 1. The van der Waals surface area contributed by atoms with Crippen LogP contribution in [-0.4, -0.2) is 58.7 Å². The van der Waals surface area contributed by atoms with Crippen molar-refractivity contribution < 1.29 is 18.7 Å². The van der Waals surface area contributed by atoms with E-state index in [2.05, 4.69) is 20.9 Å². The van der Waals surface area contributed by atoms with Crippen LogP contribution in [0.1, 0.15) is 37.4 Å². The van der Waals surface area contributed by atoms with Crippen LogP contribution in [0.25, 0.3) is 0 Å². The van der Waals surface area contributed by atoms with Gasteiger partial charge in [-0.15, -0.1) is 11.3 Å². The third-order valence-corrected chi connectivity index (χ3v) is 6.99. The van der Waals surface area contributed by atoms with Crippen LogP contribution in [0.5, 0.6) is 0 Å². The number of rotatable bonds is 5. The van der Waals surface area contributed by atoms with E-state index in [-0.39, 0.29) is 25.0 Å². The Bertz CT molecular complexity index is 1130. The number of nitrogens with zero attached hydrogens (tertiary/aromatic N) is 4. The van der Waals surface area contributed by atoms with Gasteiger partial charge in [0, 0.05) is 35.1 Å². The fourth-order valence-electron chi connectivity index (χ4n) is 4.02. The zero-order valence-corrected chi connectivity index (χ0v) is 21.0. The van der Waals surface area contributed by atoms with E-state index >= 15 is 0 Å². The predicted octanol–water partition coefficient (Wildman–Crippen LogP) is 4.16. The van der Waals surface area contributed by atoms with Gasteiger partial charge >= 0.3 is 5.97 Å². The van der Waals surface area contributed by atoms with Crippen LogP contribution >= 0.6 is 27.3 Å². The first-order chi connectivity index (χ1) is 15.8. The van der Waals surface area contributed by atoms with Crippen LogP contribution in [0.3, 0.4) is 0 Å². The Morgan fingerprint density at radius 3 is 2.76 bits per heavy atom. The van der Waals surface area contributed by atoms with Crippen LogP contribution in [0, 0.1) is 11.7 Å². The number of benzene rings is 1. The van der Waals surface area contributed by atoms with Crippen molar-refractivity contribution in [2.75, 3.05) is 26.2 Å². The molecule has 1 aromatic carbocycles. The van der Waals surface area contributed by atoms with Crippen molar-refractivity contribution in [3.05, 3.63) is 61.9 Å². The molecule has 0 aliphatic carbocycles. The van der Waals surface area contributed by atoms with Crippen molar-refractivity contribution in [2.45, 2.75) is 26.8 Å². The molecule has 0 saturated carbocycles. The van der Waals surface area contributed by atoms with Gasteiger partial charge in [-0.2, -0.15) is 0 Å². The lowest BCUT2D eigenvalue weighted by molar-refractivity contribution is -0.140. The minimum absolute atomic E-state index is 0.0168. The number of hydrogen-bond acceptors (Lipinski definition) is 7. The van der Waals surface area contributed by atoms with Crippen LogP contribution in [0.4, 0.5) is 4.39 Å². The van der Waals surface area contributed by atoms with E-state index in [4.69, 9.17) is 9.73 Å². The maximum Gasteiger partial charge on any atom is 0.338 e. The van der Waals surface area contributed by atoms with Gasteiger partial charge in [0.25, 0.3) is 0 Å². The summed E-state index contributed by atoms with van der Waals surface area (Å²) in [7, 11) is 0. The number of aliphatic imine (C=N–C) groups is 1. The third-order valence-electron chi connectivity index (χ3n) is 5.53. The second-order valence-electron chi connectivity index (χ2n) is 8.01. The average Bonchev–Trinajstić information content (AvgIpc) is 3.32. The van der Waals surface area contributed by atoms with Crippen molar-refractivity contribution in [1.29, 1.82) is 0 Å². The Morgan fingerprint density at radius 2 is 2.12 bits per heavy atom. The number of hydrogen-bond donors (Lipinski definition) is 0. The molecule has 3 heterocycles. The number of amides is 1. The zero-order chi connectivity index (χ0) is 23.7. The Kier molecular flexibility index (Phi) is 6.94. The smallest absolute Gasteiger partial charge is 0.338 e. The van der Waals surface area contributed by atoms with Crippen molar-refractivity contribution in [3.63, 3.8) is 0 Å². The second-order valence-corrected chi connectivity index (χ2v) is 9.75. The molecule has 1 atom stereocenters. The number of fused-ring (bicyclic) bond motifs is 1. The lowest BCUT2D eigenvalue weighted by Crippen LogP contribution is -2.52. The summed E-state index contributed by atoms with van der Waals surface area (Å²) in [6.07, 6.45) is 1.70. The molecule has 4 rings (SSSR count). The molecule has 33 heavy (non-hydrogen) atoms. The van der Waals surface area contributed by atoms with Crippen LogP contribution < -0.4 is 0 Å². The third kappa shape index (κ3) is 4.59. The van der Waals surface area contributed by atoms with Gasteiger partial charge in [-0.05, 0) is 24.6 Å². The van der Waals surface area contributed by atoms with Gasteiger partial charge in [-0.1, -0.05) is 35.8 Å². The van der Waals surface area contributed by atoms with Gasteiger partial charge in [0.1, 0.15) is 11.9 Å². The normalized spacial score (nSPS) is 18.4. The van der Waals surface area contributed by atoms with Crippen LogP contribution in [-0.2, 0) is 14.3 Å². The number of amidine groups is 1. The van der Waals surface area contributed by atoms with Gasteiger partial charge in [0.05, 0.1) is 24.4 Å². The lowest BCUT2D eigenvalue weighted by atomic mass is 9.93. The summed E-state index contributed by atoms with van der Waals surface area (Å²) in [5.74, 6) is -0.418. The molecule has 2 aliphatic rings. The molecule has 0 N–H and O–H groups in total. The molecule has 1 fully saturated rings. The Labute approximate surface area is 204 Å². The largest absolute Gasteiger partial charge is 0.463 e. The number of carbonyl (C=O) groups excluding carboxylic acids is 2. The van der Waals surface area contributed by atoms with E-state index in [0.29, 0.717) is 45.2 Å². The molecule has 0 bridgehead atoms. The number of ether oxygens (including phenoxy) is 1. The van der Waals surface area contributed by atoms with Crippen molar-refractivity contribution in [3.8, 4) is 0 Å². The Hall–Kier alpha value is -2.59. The average molecular weight is 535 g/mol. The lowest BCUT2D eigenvalue weighted by Gasteiger charge is -2.43. The van der Waals surface area contributed by atoms with Gasteiger partial charge in [-0.3, -0.25) is 9.79 Å². The highest BCUT2D eigenvalue weighted by molar-refractivity contribution is 9.10. The van der Waals surface area contributed by atoms with Crippen LogP contribution in [0.2, 0.25) is 0 Å². The van der Waals surface area contributed by atoms with E-state index in [9.17, 15) is 14.0 Å². The molecule has 1 aromatic heterocycles. The summed E-state index contributed by atoms with van der Waals surface area (Å²) in [4.78, 5) is 39.1. The summed E-state index contributed by atoms with van der Waals surface area (Å²) in [6, 6.07) is 3.57. The molecule has 174 valence electrons. The van der Waals surface area contributed by atoms with E-state index in [1.54, 1.807) is 24.1 Å². The molecule has 7 nitrogen and oxygen atoms in total. The Balaban J connectivity index is 1.90. The highest BCUT2D eigenvalue weighted by Gasteiger charge is 2.41. The summed E-state index contributed by atoms with van der Waals surface area (Å²) < 4.78 is 19.8. The summed E-state index contributed by atoms with van der Waals surface area (Å²) in [6.45, 7) is 6.90. The van der Waals surface area contributed by atoms with Gasteiger partial charge < -0.3 is 14.5 Å². The van der Waals surface area contributed by atoms with Gasteiger partial charge in [0.15, 0.2) is 10.8 Å². The van der Waals surface area contributed by atoms with Gasteiger partial charge in [-0.25, -0.2) is 14.2 Å². The minimum Gasteiger partial charge on any atom is -0.463 e.